The summed E-state index contributed by atoms with van der Waals surface area (Å²) < 4.78 is 0. The summed E-state index contributed by atoms with van der Waals surface area (Å²) in [6.45, 7) is 10.5. The van der Waals surface area contributed by atoms with Crippen molar-refractivity contribution in [2.45, 2.75) is 45.1 Å². The zero-order valence-corrected chi connectivity index (χ0v) is 14.9. The van der Waals surface area contributed by atoms with Gasteiger partial charge in [-0.25, -0.2) is 4.98 Å². The number of rotatable bonds is 4. The average Bonchev–Trinajstić information content (AvgIpc) is 2.51. The van der Waals surface area contributed by atoms with Gasteiger partial charge in [-0.3, -0.25) is 0 Å². The Kier molecular flexibility index (Phi) is 5.04. The van der Waals surface area contributed by atoms with Gasteiger partial charge in [0.2, 0.25) is 0 Å². The first-order valence-electron chi connectivity index (χ1n) is 8.48. The van der Waals surface area contributed by atoms with E-state index in [1.54, 1.807) is 4.90 Å². The Morgan fingerprint density at radius 3 is 2.41 bits per heavy atom. The Hall–Kier alpha value is -1.06. The van der Waals surface area contributed by atoms with Crippen LogP contribution >= 0.6 is 11.8 Å². The smallest absolute Gasteiger partial charge is 0.0998 e. The summed E-state index contributed by atoms with van der Waals surface area (Å²) in [7, 11) is 0. The van der Waals surface area contributed by atoms with E-state index in [2.05, 4.69) is 39.0 Å². The summed E-state index contributed by atoms with van der Waals surface area (Å²) >= 11 is 1.93. The maximum absolute atomic E-state index is 4.91. The molecule has 0 amide bonds. The molecule has 1 aliphatic rings. The molecule has 0 radical (unpaired) electrons. The quantitative estimate of drug-likeness (QED) is 0.872. The number of thioether (sulfide) groups is 1. The maximum Gasteiger partial charge on any atom is 0.0998 e. The highest BCUT2D eigenvalue weighted by atomic mass is 32.2. The number of benzene rings is 1. The summed E-state index contributed by atoms with van der Waals surface area (Å²) in [4.78, 5) is 6.69. The van der Waals surface area contributed by atoms with Crippen molar-refractivity contribution < 1.29 is 4.90 Å². The fourth-order valence-electron chi connectivity index (χ4n) is 3.27. The third-order valence-electron chi connectivity index (χ3n) is 4.83. The van der Waals surface area contributed by atoms with Gasteiger partial charge in [0.25, 0.3) is 0 Å². The van der Waals surface area contributed by atoms with Crippen LogP contribution in [0.4, 0.5) is 0 Å². The molecule has 1 saturated heterocycles. The molecular formula is C19H27N2S+. The largest absolute Gasteiger partial charge is 0.334 e. The first kappa shape index (κ1) is 15.8. The van der Waals surface area contributed by atoms with E-state index in [4.69, 9.17) is 4.98 Å². The van der Waals surface area contributed by atoms with Gasteiger partial charge in [0.15, 0.2) is 0 Å². The average molecular weight is 316 g/mol. The van der Waals surface area contributed by atoms with E-state index in [1.807, 2.05) is 11.8 Å². The Morgan fingerprint density at radius 1 is 0.955 bits per heavy atom. The third kappa shape index (κ3) is 3.64. The van der Waals surface area contributed by atoms with Gasteiger partial charge >= 0.3 is 0 Å². The summed E-state index contributed by atoms with van der Waals surface area (Å²) in [5.74, 6) is 1.18. The molecule has 1 aromatic carbocycles. The van der Waals surface area contributed by atoms with E-state index in [0.29, 0.717) is 0 Å². The van der Waals surface area contributed by atoms with Gasteiger partial charge in [-0.05, 0) is 74.9 Å². The van der Waals surface area contributed by atoms with Crippen molar-refractivity contribution in [1.29, 1.82) is 0 Å². The molecular weight excluding hydrogens is 288 g/mol. The molecule has 3 heteroatoms. The monoisotopic (exact) mass is 315 g/mol. The van der Waals surface area contributed by atoms with Gasteiger partial charge in [-0.1, -0.05) is 0 Å². The standard InChI is InChI=1S/C19H26N2S/c1-14-11-17-12-16(3)19(20-18(17)13-15(14)2)22-10-9-21-7-5-4-6-8-21/h11-13H,4-10H2,1-3H3/p+1. The van der Waals surface area contributed by atoms with Crippen molar-refractivity contribution in [3.05, 3.63) is 34.9 Å². The molecule has 0 aliphatic carbocycles. The number of hydrogen-bond acceptors (Lipinski definition) is 2. The fourth-order valence-corrected chi connectivity index (χ4v) is 4.30. The second kappa shape index (κ2) is 7.01. The van der Waals surface area contributed by atoms with Gasteiger partial charge in [0.05, 0.1) is 30.2 Å². The lowest BCUT2D eigenvalue weighted by molar-refractivity contribution is -0.902. The van der Waals surface area contributed by atoms with Crippen LogP contribution < -0.4 is 4.90 Å². The lowest BCUT2D eigenvalue weighted by atomic mass is 10.1. The predicted molar refractivity (Wildman–Crippen MR) is 96.1 cm³/mol. The van der Waals surface area contributed by atoms with Crippen molar-refractivity contribution in [1.82, 2.24) is 4.98 Å². The molecule has 2 nitrogen and oxygen atoms in total. The Labute approximate surface area is 138 Å². The highest BCUT2D eigenvalue weighted by molar-refractivity contribution is 7.99. The molecule has 0 atom stereocenters. The molecule has 118 valence electrons. The molecule has 0 saturated carbocycles. The van der Waals surface area contributed by atoms with Gasteiger partial charge in [-0.2, -0.15) is 0 Å². The van der Waals surface area contributed by atoms with Crippen molar-refractivity contribution in [2.75, 3.05) is 25.4 Å². The van der Waals surface area contributed by atoms with Crippen LogP contribution in [0.3, 0.4) is 0 Å². The fraction of sp³-hybridized carbons (Fsp3) is 0.526. The Bertz CT molecular complexity index is 660. The van der Waals surface area contributed by atoms with E-state index in [0.717, 1.165) is 5.52 Å². The molecule has 3 rings (SSSR count). The van der Waals surface area contributed by atoms with E-state index in [9.17, 15) is 0 Å². The van der Waals surface area contributed by atoms with Gasteiger partial charge in [-0.15, -0.1) is 11.8 Å². The molecule has 0 spiro atoms. The van der Waals surface area contributed by atoms with Gasteiger partial charge in [0, 0.05) is 11.1 Å². The van der Waals surface area contributed by atoms with Crippen molar-refractivity contribution in [3.63, 3.8) is 0 Å². The predicted octanol–water partition coefficient (Wildman–Crippen LogP) is 3.32. The normalized spacial score (nSPS) is 16.3. The molecule has 1 fully saturated rings. The number of pyridine rings is 1. The number of aromatic nitrogens is 1. The van der Waals surface area contributed by atoms with Crippen molar-refractivity contribution in [2.24, 2.45) is 0 Å². The molecule has 0 bridgehead atoms. The first-order valence-corrected chi connectivity index (χ1v) is 9.47. The van der Waals surface area contributed by atoms with Crippen LogP contribution in [-0.2, 0) is 0 Å². The van der Waals surface area contributed by atoms with Crippen LogP contribution in [0.15, 0.2) is 23.2 Å². The van der Waals surface area contributed by atoms with Crippen molar-refractivity contribution >= 4 is 22.7 Å². The van der Waals surface area contributed by atoms with E-state index in [-0.39, 0.29) is 0 Å². The lowest BCUT2D eigenvalue weighted by Gasteiger charge is -2.23. The number of likely N-dealkylation sites (tertiary alicyclic amines) is 1. The number of quaternary nitrogens is 1. The summed E-state index contributed by atoms with van der Waals surface area (Å²) in [6.07, 6.45) is 4.25. The minimum atomic E-state index is 1.14. The summed E-state index contributed by atoms with van der Waals surface area (Å²) in [6, 6.07) is 6.78. The molecule has 0 unspecified atom stereocenters. The number of piperidine rings is 1. The molecule has 2 aromatic rings. The van der Waals surface area contributed by atoms with Crippen molar-refractivity contribution in [3.8, 4) is 0 Å². The molecule has 1 aliphatic heterocycles. The van der Waals surface area contributed by atoms with Crippen LogP contribution in [-0.4, -0.2) is 30.4 Å². The summed E-state index contributed by atoms with van der Waals surface area (Å²) in [5.41, 5.74) is 5.14. The zero-order chi connectivity index (χ0) is 15.5. The van der Waals surface area contributed by atoms with Gasteiger partial charge < -0.3 is 4.90 Å². The Morgan fingerprint density at radius 2 is 1.64 bits per heavy atom. The maximum atomic E-state index is 4.91. The highest BCUT2D eigenvalue weighted by Crippen LogP contribution is 2.25. The van der Waals surface area contributed by atoms with Crippen LogP contribution in [0.2, 0.25) is 0 Å². The van der Waals surface area contributed by atoms with Crippen LogP contribution in [0.25, 0.3) is 10.9 Å². The SMILES string of the molecule is Cc1cc2cc(C)c(SCC[NH+]3CCCCC3)nc2cc1C. The number of nitrogens with zero attached hydrogens (tertiary/aromatic N) is 1. The highest BCUT2D eigenvalue weighted by Gasteiger charge is 2.13. The number of fused-ring (bicyclic) bond motifs is 1. The van der Waals surface area contributed by atoms with Crippen LogP contribution in [0.1, 0.15) is 36.0 Å². The number of nitrogens with one attached hydrogen (secondary N) is 1. The van der Waals surface area contributed by atoms with E-state index >= 15 is 0 Å². The molecule has 1 aromatic heterocycles. The third-order valence-corrected chi connectivity index (χ3v) is 5.92. The number of hydrogen-bond donors (Lipinski definition) is 1. The zero-order valence-electron chi connectivity index (χ0n) is 14.0. The van der Waals surface area contributed by atoms with E-state index in [1.165, 1.54) is 71.8 Å². The molecule has 22 heavy (non-hydrogen) atoms. The first-order chi connectivity index (χ1) is 10.6. The number of aryl methyl sites for hydroxylation is 3. The second-order valence-electron chi connectivity index (χ2n) is 6.65. The molecule has 2 heterocycles. The minimum absolute atomic E-state index is 1.14. The van der Waals surface area contributed by atoms with Crippen LogP contribution in [0, 0.1) is 20.8 Å². The van der Waals surface area contributed by atoms with Gasteiger partial charge in [0.1, 0.15) is 0 Å². The lowest BCUT2D eigenvalue weighted by Crippen LogP contribution is -3.13. The summed E-state index contributed by atoms with van der Waals surface area (Å²) in [5, 5.41) is 2.48. The second-order valence-corrected chi connectivity index (χ2v) is 7.73. The minimum Gasteiger partial charge on any atom is -0.334 e. The topological polar surface area (TPSA) is 17.3 Å². The molecule has 1 N–H and O–H groups in total. The Balaban J connectivity index is 1.70. The van der Waals surface area contributed by atoms with E-state index < -0.39 is 0 Å². The van der Waals surface area contributed by atoms with Crippen LogP contribution in [0.5, 0.6) is 0 Å².